The third-order valence-electron chi connectivity index (χ3n) is 5.48. The largest absolute Gasteiger partial charge is 0.384 e. The van der Waals surface area contributed by atoms with Crippen LogP contribution in [-0.2, 0) is 22.6 Å². The second-order valence-corrected chi connectivity index (χ2v) is 8.77. The minimum absolute atomic E-state index is 0.183. The molecular formula is C22H27Cl2N5O2. The minimum Gasteiger partial charge on any atom is -0.384 e. The van der Waals surface area contributed by atoms with Crippen molar-refractivity contribution in [3.8, 4) is 0 Å². The van der Waals surface area contributed by atoms with E-state index in [4.69, 9.17) is 28.9 Å². The van der Waals surface area contributed by atoms with Gasteiger partial charge in [-0.3, -0.25) is 9.59 Å². The Bertz CT molecular complexity index is 969. The molecule has 2 aromatic rings. The highest BCUT2D eigenvalue weighted by Gasteiger charge is 2.31. The van der Waals surface area contributed by atoms with Crippen molar-refractivity contribution in [1.29, 1.82) is 0 Å². The first kappa shape index (κ1) is 23.3. The summed E-state index contributed by atoms with van der Waals surface area (Å²) in [6, 6.07) is 8.00. The molecular weight excluding hydrogens is 437 g/mol. The predicted molar refractivity (Wildman–Crippen MR) is 123 cm³/mol. The van der Waals surface area contributed by atoms with Gasteiger partial charge in [-0.1, -0.05) is 35.3 Å². The van der Waals surface area contributed by atoms with Gasteiger partial charge in [0.15, 0.2) is 0 Å². The van der Waals surface area contributed by atoms with Crippen molar-refractivity contribution in [1.82, 2.24) is 20.9 Å². The number of hydrogen-bond acceptors (Lipinski definition) is 5. The van der Waals surface area contributed by atoms with Gasteiger partial charge >= 0.3 is 0 Å². The standard InChI is InChI=1S/C22H27Cl2N5O2/c1-12-16(4-6-20(25)28-12)11-27-21(30)13(2)29-22(31)19-8-14(10-26-19)7-15-3-5-17(23)9-18(15)24/h3-6,9,13-14,19,26H,7-8,10-11H2,1-2H3,(H2,25,28)(H,27,30)(H,29,31)/t13-,14-,19+/m0/s1. The number of benzene rings is 1. The average molecular weight is 464 g/mol. The number of carbonyl (C=O) groups excluding carboxylic acids is 2. The van der Waals surface area contributed by atoms with E-state index in [9.17, 15) is 9.59 Å². The number of amides is 2. The molecule has 1 saturated heterocycles. The van der Waals surface area contributed by atoms with Crippen LogP contribution < -0.4 is 21.7 Å². The summed E-state index contributed by atoms with van der Waals surface area (Å²) in [5.74, 6) is 0.276. The number of nitrogen functional groups attached to an aromatic ring is 1. The van der Waals surface area contributed by atoms with Gasteiger partial charge in [-0.05, 0) is 68.5 Å². The lowest BCUT2D eigenvalue weighted by molar-refractivity contribution is -0.129. The number of pyridine rings is 1. The Hall–Kier alpha value is -2.35. The molecule has 3 rings (SSSR count). The summed E-state index contributed by atoms with van der Waals surface area (Å²) >= 11 is 12.2. The van der Waals surface area contributed by atoms with E-state index in [0.717, 1.165) is 23.2 Å². The quantitative estimate of drug-likeness (QED) is 0.504. The second-order valence-electron chi connectivity index (χ2n) is 7.93. The Morgan fingerprint density at radius 2 is 2.00 bits per heavy atom. The number of anilines is 1. The summed E-state index contributed by atoms with van der Waals surface area (Å²) in [7, 11) is 0. The van der Waals surface area contributed by atoms with E-state index in [1.165, 1.54) is 0 Å². The lowest BCUT2D eigenvalue weighted by atomic mass is 9.96. The normalized spacial score (nSPS) is 19.1. The smallest absolute Gasteiger partial charge is 0.242 e. The summed E-state index contributed by atoms with van der Waals surface area (Å²) in [4.78, 5) is 29.2. The highest BCUT2D eigenvalue weighted by Crippen LogP contribution is 2.26. The number of halogens is 2. The molecule has 0 spiro atoms. The molecule has 1 aliphatic heterocycles. The van der Waals surface area contributed by atoms with Crippen molar-refractivity contribution < 1.29 is 9.59 Å². The molecule has 3 atom stereocenters. The van der Waals surface area contributed by atoms with Crippen LogP contribution in [0.2, 0.25) is 10.0 Å². The first-order valence-electron chi connectivity index (χ1n) is 10.2. The van der Waals surface area contributed by atoms with Gasteiger partial charge < -0.3 is 21.7 Å². The number of nitrogens with one attached hydrogen (secondary N) is 3. The molecule has 2 amide bonds. The van der Waals surface area contributed by atoms with Gasteiger partial charge in [-0.15, -0.1) is 0 Å². The maximum absolute atomic E-state index is 12.6. The van der Waals surface area contributed by atoms with Crippen LogP contribution in [0.3, 0.4) is 0 Å². The fraction of sp³-hybridized carbons (Fsp3) is 0.409. The Labute approximate surface area is 192 Å². The maximum Gasteiger partial charge on any atom is 0.242 e. The zero-order valence-electron chi connectivity index (χ0n) is 17.5. The van der Waals surface area contributed by atoms with Gasteiger partial charge in [0.05, 0.1) is 6.04 Å². The van der Waals surface area contributed by atoms with Crippen LogP contribution in [0.15, 0.2) is 30.3 Å². The van der Waals surface area contributed by atoms with Crippen molar-refractivity contribution in [2.24, 2.45) is 5.92 Å². The van der Waals surface area contributed by atoms with E-state index in [-0.39, 0.29) is 23.8 Å². The van der Waals surface area contributed by atoms with Crippen LogP contribution in [0.25, 0.3) is 0 Å². The number of aryl methyl sites for hydroxylation is 1. The van der Waals surface area contributed by atoms with E-state index in [2.05, 4.69) is 20.9 Å². The van der Waals surface area contributed by atoms with Gasteiger partial charge in [0.25, 0.3) is 0 Å². The number of nitrogens with two attached hydrogens (primary N) is 1. The predicted octanol–water partition coefficient (Wildman–Crippen LogP) is 2.62. The van der Waals surface area contributed by atoms with Gasteiger partial charge in [-0.25, -0.2) is 4.98 Å². The van der Waals surface area contributed by atoms with Crippen molar-refractivity contribution in [2.45, 2.75) is 45.3 Å². The molecule has 0 aliphatic carbocycles. The summed E-state index contributed by atoms with van der Waals surface area (Å²) in [5.41, 5.74) is 8.30. The summed E-state index contributed by atoms with van der Waals surface area (Å²) in [6.45, 7) is 4.54. The number of rotatable bonds is 7. The lowest BCUT2D eigenvalue weighted by Gasteiger charge is -2.17. The van der Waals surface area contributed by atoms with Crippen molar-refractivity contribution >= 4 is 40.8 Å². The average Bonchev–Trinajstić information content (AvgIpc) is 3.18. The Morgan fingerprint density at radius 3 is 2.71 bits per heavy atom. The molecule has 1 aliphatic rings. The zero-order valence-corrected chi connectivity index (χ0v) is 19.1. The van der Waals surface area contributed by atoms with E-state index in [1.807, 2.05) is 25.1 Å². The summed E-state index contributed by atoms with van der Waals surface area (Å²) in [5, 5.41) is 10.1. The van der Waals surface area contributed by atoms with Crippen LogP contribution in [0, 0.1) is 12.8 Å². The van der Waals surface area contributed by atoms with Crippen LogP contribution in [0.1, 0.15) is 30.2 Å². The first-order chi connectivity index (χ1) is 14.7. The molecule has 1 aromatic heterocycles. The van der Waals surface area contributed by atoms with Crippen molar-refractivity contribution in [3.05, 3.63) is 57.2 Å². The topological polar surface area (TPSA) is 109 Å². The lowest BCUT2D eigenvalue weighted by Crippen LogP contribution is -2.50. The second kappa shape index (κ2) is 10.3. The molecule has 0 unspecified atom stereocenters. The molecule has 0 saturated carbocycles. The monoisotopic (exact) mass is 463 g/mol. The van der Waals surface area contributed by atoms with Gasteiger partial charge in [-0.2, -0.15) is 0 Å². The molecule has 7 nitrogen and oxygen atoms in total. The maximum atomic E-state index is 12.6. The van der Waals surface area contributed by atoms with E-state index < -0.39 is 6.04 Å². The van der Waals surface area contributed by atoms with E-state index in [0.29, 0.717) is 35.4 Å². The SMILES string of the molecule is Cc1nc(N)ccc1CNC(=O)[C@H](C)NC(=O)[C@H]1C[C@H](Cc2ccc(Cl)cc2Cl)CN1. The Balaban J connectivity index is 1.46. The molecule has 2 heterocycles. The molecule has 9 heteroatoms. The van der Waals surface area contributed by atoms with Crippen LogP contribution in [-0.4, -0.2) is 35.4 Å². The van der Waals surface area contributed by atoms with Gasteiger partial charge in [0.2, 0.25) is 11.8 Å². The molecule has 1 aromatic carbocycles. The molecule has 0 radical (unpaired) electrons. The minimum atomic E-state index is -0.652. The van der Waals surface area contributed by atoms with E-state index >= 15 is 0 Å². The number of carbonyl (C=O) groups is 2. The fourth-order valence-electron chi connectivity index (χ4n) is 3.67. The molecule has 1 fully saturated rings. The van der Waals surface area contributed by atoms with Gasteiger partial charge in [0.1, 0.15) is 11.9 Å². The molecule has 31 heavy (non-hydrogen) atoms. The first-order valence-corrected chi connectivity index (χ1v) is 11.0. The Morgan fingerprint density at radius 1 is 1.26 bits per heavy atom. The number of nitrogens with zero attached hydrogens (tertiary/aromatic N) is 1. The third-order valence-corrected chi connectivity index (χ3v) is 6.07. The van der Waals surface area contributed by atoms with E-state index in [1.54, 1.807) is 19.1 Å². The summed E-state index contributed by atoms with van der Waals surface area (Å²) in [6.07, 6.45) is 1.44. The molecule has 5 N–H and O–H groups in total. The number of aromatic nitrogens is 1. The van der Waals surface area contributed by atoms with Gasteiger partial charge in [0, 0.05) is 22.3 Å². The van der Waals surface area contributed by atoms with Crippen molar-refractivity contribution in [3.63, 3.8) is 0 Å². The highest BCUT2D eigenvalue weighted by molar-refractivity contribution is 6.35. The fourth-order valence-corrected chi connectivity index (χ4v) is 4.16. The van der Waals surface area contributed by atoms with Crippen LogP contribution in [0.5, 0.6) is 0 Å². The molecule has 0 bridgehead atoms. The highest BCUT2D eigenvalue weighted by atomic mass is 35.5. The number of hydrogen-bond donors (Lipinski definition) is 4. The summed E-state index contributed by atoms with van der Waals surface area (Å²) < 4.78 is 0. The van der Waals surface area contributed by atoms with Crippen LogP contribution >= 0.6 is 23.2 Å². The third kappa shape index (κ3) is 6.32. The zero-order chi connectivity index (χ0) is 22.5. The molecule has 166 valence electrons. The van der Waals surface area contributed by atoms with Crippen molar-refractivity contribution in [2.75, 3.05) is 12.3 Å². The Kier molecular flexibility index (Phi) is 7.75. The van der Waals surface area contributed by atoms with Crippen LogP contribution in [0.4, 0.5) is 5.82 Å².